The molecule has 0 saturated carbocycles. The van der Waals surface area contributed by atoms with E-state index in [1.807, 2.05) is 18.2 Å². The lowest BCUT2D eigenvalue weighted by Crippen LogP contribution is -2.13. The third-order valence-corrected chi connectivity index (χ3v) is 4.73. The van der Waals surface area contributed by atoms with Crippen molar-refractivity contribution in [3.8, 4) is 23.1 Å². The Morgan fingerprint density at radius 1 is 1.03 bits per heavy atom. The van der Waals surface area contributed by atoms with Crippen LogP contribution in [0.15, 0.2) is 54.7 Å². The van der Waals surface area contributed by atoms with E-state index in [1.54, 1.807) is 38.5 Å². The number of para-hydroxylation sites is 3. The first kappa shape index (κ1) is 21.7. The summed E-state index contributed by atoms with van der Waals surface area (Å²) in [7, 11) is 3.15. The van der Waals surface area contributed by atoms with E-state index in [0.717, 1.165) is 5.56 Å². The SMILES string of the molecule is COc1cccc(CCC(=O)Nc2ccccc2Oc2ncc(Cl)cc2Cl)c1OC. The molecule has 156 valence electrons. The molecule has 3 rings (SSSR count). The van der Waals surface area contributed by atoms with E-state index >= 15 is 0 Å². The second-order valence-electron chi connectivity index (χ2n) is 6.24. The lowest BCUT2D eigenvalue weighted by atomic mass is 10.1. The van der Waals surface area contributed by atoms with Gasteiger partial charge in [0.2, 0.25) is 11.8 Å². The van der Waals surface area contributed by atoms with Crippen LogP contribution in [0.25, 0.3) is 0 Å². The summed E-state index contributed by atoms with van der Waals surface area (Å²) >= 11 is 12.0. The second-order valence-corrected chi connectivity index (χ2v) is 7.08. The van der Waals surface area contributed by atoms with E-state index in [1.165, 1.54) is 12.3 Å². The summed E-state index contributed by atoms with van der Waals surface area (Å²) in [6.07, 6.45) is 2.17. The van der Waals surface area contributed by atoms with Crippen molar-refractivity contribution in [2.45, 2.75) is 12.8 Å². The molecule has 0 radical (unpaired) electrons. The first-order valence-electron chi connectivity index (χ1n) is 9.09. The van der Waals surface area contributed by atoms with E-state index in [0.29, 0.717) is 34.4 Å². The highest BCUT2D eigenvalue weighted by molar-refractivity contribution is 6.35. The highest BCUT2D eigenvalue weighted by atomic mass is 35.5. The van der Waals surface area contributed by atoms with Crippen LogP contribution < -0.4 is 19.5 Å². The summed E-state index contributed by atoms with van der Waals surface area (Å²) in [5.41, 5.74) is 1.39. The van der Waals surface area contributed by atoms with Gasteiger partial charge < -0.3 is 19.5 Å². The highest BCUT2D eigenvalue weighted by Crippen LogP contribution is 2.34. The molecule has 8 heteroatoms. The van der Waals surface area contributed by atoms with Gasteiger partial charge in [0, 0.05) is 12.6 Å². The Bertz CT molecular complexity index is 1040. The van der Waals surface area contributed by atoms with Crippen molar-refractivity contribution in [3.63, 3.8) is 0 Å². The zero-order valence-corrected chi connectivity index (χ0v) is 18.0. The predicted molar refractivity (Wildman–Crippen MR) is 117 cm³/mol. The van der Waals surface area contributed by atoms with Crippen LogP contribution in [-0.4, -0.2) is 25.1 Å². The maximum atomic E-state index is 12.6. The van der Waals surface area contributed by atoms with Crippen molar-refractivity contribution in [1.82, 2.24) is 4.98 Å². The Kier molecular flexibility index (Phi) is 7.38. The molecule has 0 saturated heterocycles. The van der Waals surface area contributed by atoms with Crippen LogP contribution in [0.2, 0.25) is 10.0 Å². The van der Waals surface area contributed by atoms with Crippen LogP contribution in [0.3, 0.4) is 0 Å². The minimum Gasteiger partial charge on any atom is -0.493 e. The number of aromatic nitrogens is 1. The number of anilines is 1. The van der Waals surface area contributed by atoms with E-state index in [9.17, 15) is 4.79 Å². The van der Waals surface area contributed by atoms with E-state index in [4.69, 9.17) is 37.4 Å². The molecular weight excluding hydrogens is 427 g/mol. The summed E-state index contributed by atoms with van der Waals surface area (Å²) in [4.78, 5) is 16.6. The predicted octanol–water partition coefficient (Wildman–Crippen LogP) is 5.77. The molecule has 0 fully saturated rings. The van der Waals surface area contributed by atoms with Crippen LogP contribution in [0, 0.1) is 0 Å². The summed E-state index contributed by atoms with van der Waals surface area (Å²) < 4.78 is 16.5. The Morgan fingerprint density at radius 3 is 2.53 bits per heavy atom. The Hall–Kier alpha value is -2.96. The first-order valence-corrected chi connectivity index (χ1v) is 9.85. The lowest BCUT2D eigenvalue weighted by Gasteiger charge is -2.14. The minimum atomic E-state index is -0.175. The van der Waals surface area contributed by atoms with Crippen molar-refractivity contribution in [3.05, 3.63) is 70.3 Å². The fraction of sp³-hybridized carbons (Fsp3) is 0.182. The standard InChI is InChI=1S/C22H20Cl2N2O4/c1-28-19-9-5-6-14(21(19)29-2)10-11-20(27)26-17-7-3-4-8-18(17)30-22-16(24)12-15(23)13-25-22/h3-9,12-13H,10-11H2,1-2H3,(H,26,27). The van der Waals surface area contributed by atoms with Gasteiger partial charge in [-0.2, -0.15) is 0 Å². The number of carbonyl (C=O) groups excluding carboxylic acids is 1. The van der Waals surface area contributed by atoms with Crippen LogP contribution in [0.1, 0.15) is 12.0 Å². The largest absolute Gasteiger partial charge is 0.493 e. The highest BCUT2D eigenvalue weighted by Gasteiger charge is 2.14. The van der Waals surface area contributed by atoms with Crippen molar-refractivity contribution < 1.29 is 19.0 Å². The number of ether oxygens (including phenoxy) is 3. The fourth-order valence-electron chi connectivity index (χ4n) is 2.85. The van der Waals surface area contributed by atoms with E-state index in [-0.39, 0.29) is 23.2 Å². The molecular formula is C22H20Cl2N2O4. The van der Waals surface area contributed by atoms with Crippen molar-refractivity contribution >= 4 is 34.8 Å². The molecule has 0 atom stereocenters. The Balaban J connectivity index is 1.69. The molecule has 1 N–H and O–H groups in total. The monoisotopic (exact) mass is 446 g/mol. The average molecular weight is 447 g/mol. The zero-order valence-electron chi connectivity index (χ0n) is 16.4. The molecule has 3 aromatic rings. The normalized spacial score (nSPS) is 10.4. The zero-order chi connectivity index (χ0) is 21.5. The molecule has 1 heterocycles. The maximum absolute atomic E-state index is 12.6. The molecule has 30 heavy (non-hydrogen) atoms. The molecule has 0 spiro atoms. The van der Waals surface area contributed by atoms with E-state index < -0.39 is 0 Å². The molecule has 0 aliphatic heterocycles. The number of benzene rings is 2. The smallest absolute Gasteiger partial charge is 0.238 e. The van der Waals surface area contributed by atoms with Crippen molar-refractivity contribution in [1.29, 1.82) is 0 Å². The van der Waals surface area contributed by atoms with Crippen LogP contribution in [0.5, 0.6) is 23.1 Å². The minimum absolute atomic E-state index is 0.175. The number of nitrogens with one attached hydrogen (secondary N) is 1. The first-order chi connectivity index (χ1) is 14.5. The Labute approximate surface area is 184 Å². The topological polar surface area (TPSA) is 69.7 Å². The number of amides is 1. The number of carbonyl (C=O) groups is 1. The summed E-state index contributed by atoms with van der Waals surface area (Å²) in [5, 5.41) is 3.54. The molecule has 2 aromatic carbocycles. The van der Waals surface area contributed by atoms with Gasteiger partial charge in [0.15, 0.2) is 17.2 Å². The van der Waals surface area contributed by atoms with Gasteiger partial charge >= 0.3 is 0 Å². The maximum Gasteiger partial charge on any atom is 0.238 e. The number of nitrogens with zero attached hydrogens (tertiary/aromatic N) is 1. The van der Waals surface area contributed by atoms with Gasteiger partial charge in [0.05, 0.1) is 24.9 Å². The van der Waals surface area contributed by atoms with Crippen LogP contribution in [0.4, 0.5) is 5.69 Å². The third-order valence-electron chi connectivity index (χ3n) is 4.25. The average Bonchev–Trinajstić information content (AvgIpc) is 2.75. The van der Waals surface area contributed by atoms with Gasteiger partial charge in [-0.1, -0.05) is 47.5 Å². The number of methoxy groups -OCH3 is 2. The van der Waals surface area contributed by atoms with Gasteiger partial charge in [-0.05, 0) is 36.2 Å². The number of halogens is 2. The number of pyridine rings is 1. The third kappa shape index (κ3) is 5.34. The molecule has 6 nitrogen and oxygen atoms in total. The number of hydrogen-bond acceptors (Lipinski definition) is 5. The summed E-state index contributed by atoms with van der Waals surface area (Å²) in [6.45, 7) is 0. The van der Waals surface area contributed by atoms with Gasteiger partial charge in [-0.3, -0.25) is 4.79 Å². The molecule has 1 amide bonds. The van der Waals surface area contributed by atoms with Gasteiger partial charge in [-0.15, -0.1) is 0 Å². The molecule has 0 aliphatic carbocycles. The van der Waals surface area contributed by atoms with Gasteiger partial charge in [0.25, 0.3) is 0 Å². The Morgan fingerprint density at radius 2 is 1.80 bits per heavy atom. The van der Waals surface area contributed by atoms with Gasteiger partial charge in [-0.25, -0.2) is 4.98 Å². The molecule has 0 aliphatic rings. The number of rotatable bonds is 8. The number of aryl methyl sites for hydroxylation is 1. The summed E-state index contributed by atoms with van der Waals surface area (Å²) in [5.74, 6) is 1.69. The van der Waals surface area contributed by atoms with Gasteiger partial charge in [0.1, 0.15) is 5.02 Å². The second kappa shape index (κ2) is 10.2. The van der Waals surface area contributed by atoms with Crippen molar-refractivity contribution in [2.24, 2.45) is 0 Å². The van der Waals surface area contributed by atoms with Crippen LogP contribution >= 0.6 is 23.2 Å². The quantitative estimate of drug-likeness (QED) is 0.475. The summed E-state index contributed by atoms with van der Waals surface area (Å²) in [6, 6.07) is 14.2. The molecule has 1 aromatic heterocycles. The van der Waals surface area contributed by atoms with Crippen LogP contribution in [-0.2, 0) is 11.2 Å². The molecule has 0 unspecified atom stereocenters. The fourth-order valence-corrected chi connectivity index (χ4v) is 3.27. The number of hydrogen-bond donors (Lipinski definition) is 1. The van der Waals surface area contributed by atoms with Crippen molar-refractivity contribution in [2.75, 3.05) is 19.5 Å². The lowest BCUT2D eigenvalue weighted by molar-refractivity contribution is -0.116. The van der Waals surface area contributed by atoms with E-state index in [2.05, 4.69) is 10.3 Å². The molecule has 0 bridgehead atoms.